The Balaban J connectivity index is 1.39. The summed E-state index contributed by atoms with van der Waals surface area (Å²) in [5.74, 6) is -0.0865. The molecule has 2 aromatic carbocycles. The van der Waals surface area contributed by atoms with Crippen molar-refractivity contribution in [3.05, 3.63) is 65.5 Å². The number of piperidine rings is 1. The van der Waals surface area contributed by atoms with Crippen LogP contribution in [0.25, 0.3) is 0 Å². The monoisotopic (exact) mass is 444 g/mol. The van der Waals surface area contributed by atoms with E-state index < -0.39 is 15.7 Å². The van der Waals surface area contributed by atoms with Gasteiger partial charge in [-0.1, -0.05) is 29.8 Å². The number of carbonyl (C=O) groups is 2. The first-order valence-electron chi connectivity index (χ1n) is 10.3. The minimum absolute atomic E-state index is 0.0280. The van der Waals surface area contributed by atoms with Crippen molar-refractivity contribution in [3.63, 3.8) is 0 Å². The Bertz CT molecular complexity index is 1000. The quantitative estimate of drug-likeness (QED) is 0.711. The molecular weight excluding hydrogens is 419 g/mol. The maximum absolute atomic E-state index is 13.6. The van der Waals surface area contributed by atoms with Crippen molar-refractivity contribution in [1.29, 1.82) is 0 Å². The maximum Gasteiger partial charge on any atom is 0.260 e. The molecule has 0 radical (unpaired) electrons. The van der Waals surface area contributed by atoms with Crippen molar-refractivity contribution in [2.75, 3.05) is 25.4 Å². The minimum Gasteiger partial charge on any atom is -0.484 e. The van der Waals surface area contributed by atoms with Crippen LogP contribution in [0, 0.1) is 12.7 Å². The van der Waals surface area contributed by atoms with Gasteiger partial charge in [-0.05, 0) is 36.8 Å². The van der Waals surface area contributed by atoms with Crippen LogP contribution < -0.4 is 4.74 Å². The summed E-state index contributed by atoms with van der Waals surface area (Å²) in [4.78, 5) is 27.7. The summed E-state index contributed by atoms with van der Waals surface area (Å²) in [6.07, 6.45) is 0.855. The van der Waals surface area contributed by atoms with Gasteiger partial charge in [0.25, 0.3) is 5.91 Å². The van der Waals surface area contributed by atoms with Crippen LogP contribution in [0.5, 0.6) is 5.75 Å². The summed E-state index contributed by atoms with van der Waals surface area (Å²) < 4.78 is 32.1. The van der Waals surface area contributed by atoms with E-state index in [1.54, 1.807) is 21.9 Å². The highest BCUT2D eigenvalue weighted by atomic mass is 32.2. The van der Waals surface area contributed by atoms with Gasteiger partial charge in [-0.3, -0.25) is 13.8 Å². The Morgan fingerprint density at radius 2 is 1.87 bits per heavy atom. The minimum atomic E-state index is -1.36. The van der Waals surface area contributed by atoms with Crippen LogP contribution in [-0.4, -0.2) is 56.1 Å². The van der Waals surface area contributed by atoms with Gasteiger partial charge in [0.2, 0.25) is 5.91 Å². The van der Waals surface area contributed by atoms with Gasteiger partial charge in [0, 0.05) is 32.5 Å². The highest BCUT2D eigenvalue weighted by Gasteiger charge is 2.53. The zero-order chi connectivity index (χ0) is 22.0. The van der Waals surface area contributed by atoms with E-state index in [2.05, 4.69) is 0 Å². The lowest BCUT2D eigenvalue weighted by Gasteiger charge is -2.43. The zero-order valence-corrected chi connectivity index (χ0v) is 18.2. The van der Waals surface area contributed by atoms with Crippen LogP contribution in [-0.2, 0) is 26.9 Å². The van der Waals surface area contributed by atoms with Gasteiger partial charge in [0.1, 0.15) is 22.2 Å². The summed E-state index contributed by atoms with van der Waals surface area (Å²) in [6.45, 7) is 2.93. The molecule has 4 rings (SSSR count). The number of hydrogen-bond donors (Lipinski definition) is 0. The van der Waals surface area contributed by atoms with Gasteiger partial charge in [-0.25, -0.2) is 4.39 Å². The second kappa shape index (κ2) is 8.78. The van der Waals surface area contributed by atoms with Crippen LogP contribution in [0.3, 0.4) is 0 Å². The summed E-state index contributed by atoms with van der Waals surface area (Å²) in [7, 11) is -1.36. The van der Waals surface area contributed by atoms with Crippen LogP contribution >= 0.6 is 0 Å². The van der Waals surface area contributed by atoms with Gasteiger partial charge in [-0.2, -0.15) is 0 Å². The molecule has 2 aromatic rings. The average Bonchev–Trinajstić information content (AvgIpc) is 2.97. The number of likely N-dealkylation sites (tertiary alicyclic amines) is 1. The second-order valence-electron chi connectivity index (χ2n) is 8.03. The van der Waals surface area contributed by atoms with E-state index in [9.17, 15) is 18.2 Å². The molecule has 1 unspecified atom stereocenters. The smallest absolute Gasteiger partial charge is 0.260 e. The first kappa shape index (κ1) is 21.5. The third-order valence-electron chi connectivity index (χ3n) is 5.98. The molecule has 0 aromatic heterocycles. The SMILES string of the molecule is Cc1ccc(OCC(=O)N2CCC3(CC2)N(Cc2cccc(F)c2)C(=O)CS3=O)cc1. The van der Waals surface area contributed by atoms with Gasteiger partial charge in [0.15, 0.2) is 6.61 Å². The molecule has 6 nitrogen and oxygen atoms in total. The standard InChI is InChI=1S/C23H25FN2O4S/c1-17-5-7-20(8-6-17)30-15-21(27)25-11-9-23(10-12-25)26(22(28)16-31(23)29)14-18-3-2-4-19(24)13-18/h2-8,13H,9-12,14-16H2,1H3. The third kappa shape index (κ3) is 4.49. The lowest BCUT2D eigenvalue weighted by atomic mass is 10.0. The second-order valence-corrected chi connectivity index (χ2v) is 9.77. The number of nitrogens with zero attached hydrogens (tertiary/aromatic N) is 2. The number of amides is 2. The molecule has 2 aliphatic heterocycles. The van der Waals surface area contributed by atoms with Crippen molar-refractivity contribution in [2.45, 2.75) is 31.2 Å². The average molecular weight is 445 g/mol. The lowest BCUT2D eigenvalue weighted by Crippen LogP contribution is -2.55. The highest BCUT2D eigenvalue weighted by Crippen LogP contribution is 2.38. The molecule has 31 heavy (non-hydrogen) atoms. The molecule has 0 N–H and O–H groups in total. The number of hydrogen-bond acceptors (Lipinski definition) is 4. The largest absolute Gasteiger partial charge is 0.484 e. The normalized spacial score (nSPS) is 20.3. The van der Waals surface area contributed by atoms with E-state index in [1.165, 1.54) is 12.1 Å². The van der Waals surface area contributed by atoms with Crippen molar-refractivity contribution in [1.82, 2.24) is 9.80 Å². The van der Waals surface area contributed by atoms with E-state index in [1.807, 2.05) is 31.2 Å². The van der Waals surface area contributed by atoms with E-state index in [0.717, 1.165) is 5.56 Å². The molecule has 2 fully saturated rings. The summed E-state index contributed by atoms with van der Waals surface area (Å²) in [5.41, 5.74) is 1.78. The van der Waals surface area contributed by atoms with E-state index in [4.69, 9.17) is 4.74 Å². The van der Waals surface area contributed by atoms with E-state index >= 15 is 0 Å². The first-order valence-corrected chi connectivity index (χ1v) is 11.6. The van der Waals surface area contributed by atoms with Gasteiger partial charge in [-0.15, -0.1) is 0 Å². The molecule has 1 spiro atoms. The maximum atomic E-state index is 13.6. The molecule has 0 saturated carbocycles. The number of benzene rings is 2. The predicted octanol–water partition coefficient (Wildman–Crippen LogP) is 2.62. The molecular formula is C23H25FN2O4S. The molecule has 164 valence electrons. The number of aryl methyl sites for hydroxylation is 1. The lowest BCUT2D eigenvalue weighted by molar-refractivity contribution is -0.137. The number of ether oxygens (including phenoxy) is 1. The highest BCUT2D eigenvalue weighted by molar-refractivity contribution is 7.87. The molecule has 2 amide bonds. The van der Waals surface area contributed by atoms with Crippen molar-refractivity contribution in [3.8, 4) is 5.75 Å². The fourth-order valence-electron chi connectivity index (χ4n) is 4.20. The Hall–Kier alpha value is -2.74. The van der Waals surface area contributed by atoms with Crippen LogP contribution in [0.15, 0.2) is 48.5 Å². The molecule has 0 bridgehead atoms. The molecule has 8 heteroatoms. The predicted molar refractivity (Wildman–Crippen MR) is 115 cm³/mol. The summed E-state index contributed by atoms with van der Waals surface area (Å²) >= 11 is 0. The molecule has 2 saturated heterocycles. The molecule has 0 aliphatic carbocycles. The summed E-state index contributed by atoms with van der Waals surface area (Å²) in [6, 6.07) is 13.6. The third-order valence-corrected chi connectivity index (χ3v) is 7.97. The molecule has 2 heterocycles. The van der Waals surface area contributed by atoms with Crippen LogP contribution in [0.2, 0.25) is 0 Å². The van der Waals surface area contributed by atoms with Crippen LogP contribution in [0.1, 0.15) is 24.0 Å². The Morgan fingerprint density at radius 3 is 2.55 bits per heavy atom. The molecule has 1 atom stereocenters. The fourth-order valence-corrected chi connectivity index (χ4v) is 5.90. The first-order chi connectivity index (χ1) is 14.9. The van der Waals surface area contributed by atoms with Crippen molar-refractivity contribution >= 4 is 22.6 Å². The van der Waals surface area contributed by atoms with E-state index in [0.29, 0.717) is 37.2 Å². The molecule has 2 aliphatic rings. The number of halogens is 1. The topological polar surface area (TPSA) is 66.9 Å². The van der Waals surface area contributed by atoms with Gasteiger partial charge in [0.05, 0.1) is 10.8 Å². The van der Waals surface area contributed by atoms with Crippen molar-refractivity contribution in [2.24, 2.45) is 0 Å². The fraction of sp³-hybridized carbons (Fsp3) is 0.391. The van der Waals surface area contributed by atoms with Crippen LogP contribution in [0.4, 0.5) is 4.39 Å². The van der Waals surface area contributed by atoms with Gasteiger partial charge < -0.3 is 14.5 Å². The Kier molecular flexibility index (Phi) is 6.09. The van der Waals surface area contributed by atoms with Crippen molar-refractivity contribution < 1.29 is 22.9 Å². The Morgan fingerprint density at radius 1 is 1.16 bits per heavy atom. The number of carbonyl (C=O) groups excluding carboxylic acids is 2. The van der Waals surface area contributed by atoms with E-state index in [-0.39, 0.29) is 36.5 Å². The van der Waals surface area contributed by atoms with Gasteiger partial charge >= 0.3 is 0 Å². The summed E-state index contributed by atoms with van der Waals surface area (Å²) in [5, 5.41) is 0. The number of rotatable bonds is 5. The zero-order valence-electron chi connectivity index (χ0n) is 17.4. The Labute approximate surface area is 183 Å².